The van der Waals surface area contributed by atoms with E-state index in [4.69, 9.17) is 5.73 Å². The Morgan fingerprint density at radius 2 is 1.78 bits per heavy atom. The molecule has 4 aromatic rings. The van der Waals surface area contributed by atoms with Gasteiger partial charge in [-0.3, -0.25) is 19.3 Å². The maximum Gasteiger partial charge on any atom is 0.435 e. The van der Waals surface area contributed by atoms with Gasteiger partial charge in [-0.25, -0.2) is 13.2 Å². The molecule has 3 N–H and O–H groups in total. The molecule has 7 nitrogen and oxygen atoms in total. The Kier molecular flexibility index (Phi) is 8.47. The largest absolute Gasteiger partial charge is 0.435 e. The Labute approximate surface area is 254 Å². The van der Waals surface area contributed by atoms with Gasteiger partial charge < -0.3 is 11.1 Å². The van der Waals surface area contributed by atoms with Gasteiger partial charge in [-0.1, -0.05) is 26.0 Å². The van der Waals surface area contributed by atoms with Crippen LogP contribution in [0.4, 0.5) is 26.3 Å². The molecule has 0 fully saturated rings. The van der Waals surface area contributed by atoms with Crippen molar-refractivity contribution in [3.63, 3.8) is 0 Å². The summed E-state index contributed by atoms with van der Waals surface area (Å²) in [5.74, 6) is -4.30. The first kappa shape index (κ1) is 31.7. The van der Waals surface area contributed by atoms with Crippen molar-refractivity contribution in [2.75, 3.05) is 0 Å². The molecule has 45 heavy (non-hydrogen) atoms. The molecule has 1 unspecified atom stereocenters. The minimum absolute atomic E-state index is 0.0648. The molecular formula is C32H29F6N5O2. The van der Waals surface area contributed by atoms with E-state index in [1.165, 1.54) is 18.3 Å². The molecule has 2 amide bonds. The van der Waals surface area contributed by atoms with Gasteiger partial charge in [-0.2, -0.15) is 18.3 Å². The van der Waals surface area contributed by atoms with Gasteiger partial charge in [0.2, 0.25) is 5.91 Å². The van der Waals surface area contributed by atoms with E-state index < -0.39 is 53.7 Å². The van der Waals surface area contributed by atoms with Gasteiger partial charge in [-0.15, -0.1) is 0 Å². The van der Waals surface area contributed by atoms with Crippen LogP contribution in [0.15, 0.2) is 54.7 Å². The van der Waals surface area contributed by atoms with Crippen LogP contribution in [0.5, 0.6) is 0 Å². The number of primary amides is 1. The number of carbonyl (C=O) groups is 2. The van der Waals surface area contributed by atoms with Gasteiger partial charge in [0.05, 0.1) is 17.3 Å². The number of nitrogens with two attached hydrogens (primary N) is 1. The highest BCUT2D eigenvalue weighted by Gasteiger charge is 2.42. The number of carbonyl (C=O) groups excluding carboxylic acids is 2. The monoisotopic (exact) mass is 629 g/mol. The molecule has 13 heteroatoms. The molecule has 1 aliphatic carbocycles. The molecule has 0 bridgehead atoms. The Hall–Kier alpha value is -4.68. The lowest BCUT2D eigenvalue weighted by Gasteiger charge is -2.30. The summed E-state index contributed by atoms with van der Waals surface area (Å²) in [4.78, 5) is 29.7. The quantitative estimate of drug-likeness (QED) is 0.230. The number of nitrogens with zero attached hydrogens (tertiary/aromatic N) is 3. The Balaban J connectivity index is 1.54. The zero-order valence-electron chi connectivity index (χ0n) is 24.3. The predicted molar refractivity (Wildman–Crippen MR) is 152 cm³/mol. The second-order valence-corrected chi connectivity index (χ2v) is 11.9. The van der Waals surface area contributed by atoms with Crippen molar-refractivity contribution in [1.82, 2.24) is 20.1 Å². The van der Waals surface area contributed by atoms with Crippen LogP contribution in [-0.2, 0) is 36.8 Å². The van der Waals surface area contributed by atoms with Gasteiger partial charge in [0.1, 0.15) is 24.0 Å². The highest BCUT2D eigenvalue weighted by Crippen LogP contribution is 2.41. The second-order valence-electron chi connectivity index (χ2n) is 11.9. The summed E-state index contributed by atoms with van der Waals surface area (Å²) in [7, 11) is 0. The van der Waals surface area contributed by atoms with Crippen LogP contribution in [0, 0.1) is 22.9 Å². The number of nitrogens with one attached hydrogen (secondary N) is 1. The topological polar surface area (TPSA) is 103 Å². The number of hydrogen-bond acceptors (Lipinski definition) is 4. The smallest absolute Gasteiger partial charge is 0.366 e. The number of amides is 2. The maximum absolute atomic E-state index is 14.3. The first-order valence-corrected chi connectivity index (χ1v) is 14.1. The van der Waals surface area contributed by atoms with E-state index in [1.54, 1.807) is 12.1 Å². The molecule has 2 heterocycles. The zero-order chi connectivity index (χ0) is 32.7. The minimum atomic E-state index is -4.71. The van der Waals surface area contributed by atoms with E-state index in [-0.39, 0.29) is 47.1 Å². The molecule has 0 saturated carbocycles. The average molecular weight is 630 g/mol. The molecular weight excluding hydrogens is 600 g/mol. The summed E-state index contributed by atoms with van der Waals surface area (Å²) in [5.41, 5.74) is 4.99. The van der Waals surface area contributed by atoms with Crippen molar-refractivity contribution in [2.45, 2.75) is 58.3 Å². The second kappa shape index (κ2) is 12.0. The van der Waals surface area contributed by atoms with Gasteiger partial charge >= 0.3 is 6.18 Å². The first-order valence-electron chi connectivity index (χ1n) is 14.1. The fraction of sp³-hybridized carbons (Fsp3) is 0.312. The van der Waals surface area contributed by atoms with E-state index in [9.17, 15) is 35.9 Å². The van der Waals surface area contributed by atoms with Crippen LogP contribution >= 0.6 is 0 Å². The average Bonchev–Trinajstić information content (AvgIpc) is 3.29. The number of hydrogen-bond donors (Lipinski definition) is 2. The summed E-state index contributed by atoms with van der Waals surface area (Å²) in [5, 5.41) is 6.54. The molecule has 1 atom stereocenters. The molecule has 0 radical (unpaired) electrons. The third-order valence-corrected chi connectivity index (χ3v) is 7.83. The molecule has 2 aromatic carbocycles. The first-order chi connectivity index (χ1) is 21.1. The number of rotatable bonds is 8. The minimum Gasteiger partial charge on any atom is -0.366 e. The number of aromatic nitrogens is 3. The van der Waals surface area contributed by atoms with Crippen molar-refractivity contribution >= 4 is 11.8 Å². The van der Waals surface area contributed by atoms with Gasteiger partial charge in [0, 0.05) is 29.1 Å². The number of alkyl halides is 3. The maximum atomic E-state index is 14.3. The van der Waals surface area contributed by atoms with Crippen molar-refractivity contribution in [2.24, 2.45) is 11.1 Å². The lowest BCUT2D eigenvalue weighted by atomic mass is 9.76. The zero-order valence-corrected chi connectivity index (χ0v) is 24.3. The molecule has 0 spiro atoms. The summed E-state index contributed by atoms with van der Waals surface area (Å²) in [6.07, 6.45) is -2.51. The summed E-state index contributed by atoms with van der Waals surface area (Å²) in [6, 6.07) is 8.56. The number of halogens is 6. The van der Waals surface area contributed by atoms with Gasteiger partial charge in [-0.05, 0) is 72.6 Å². The Morgan fingerprint density at radius 3 is 2.44 bits per heavy atom. The number of pyridine rings is 1. The predicted octanol–water partition coefficient (Wildman–Crippen LogP) is 6.10. The van der Waals surface area contributed by atoms with E-state index in [0.717, 1.165) is 22.9 Å². The molecule has 0 aliphatic heterocycles. The van der Waals surface area contributed by atoms with Crippen LogP contribution in [0.2, 0.25) is 0 Å². The summed E-state index contributed by atoms with van der Waals surface area (Å²) in [6.45, 7) is 3.29. The lowest BCUT2D eigenvalue weighted by molar-refractivity contribution is -0.142. The Morgan fingerprint density at radius 1 is 1.07 bits per heavy atom. The van der Waals surface area contributed by atoms with Crippen molar-refractivity contribution in [1.29, 1.82) is 0 Å². The van der Waals surface area contributed by atoms with Crippen molar-refractivity contribution in [3.8, 4) is 11.1 Å². The SMILES string of the molecule is CC1(C)CCc2c(C(F)(F)F)nn(CC(=O)NC(Cc3cc(F)cc(F)c3)c3ncccc3-c3ccc(F)c(C(N)=O)c3)c2C1. The number of fused-ring (bicyclic) bond motifs is 1. The molecule has 236 valence electrons. The van der Waals surface area contributed by atoms with Crippen LogP contribution in [0.25, 0.3) is 11.1 Å². The van der Waals surface area contributed by atoms with E-state index in [1.807, 2.05) is 13.8 Å². The summed E-state index contributed by atoms with van der Waals surface area (Å²) >= 11 is 0. The highest BCUT2D eigenvalue weighted by atomic mass is 19.4. The third-order valence-electron chi connectivity index (χ3n) is 7.83. The molecule has 1 aliphatic rings. The summed E-state index contributed by atoms with van der Waals surface area (Å²) < 4.78 is 85.2. The van der Waals surface area contributed by atoms with Crippen LogP contribution < -0.4 is 11.1 Å². The van der Waals surface area contributed by atoms with Crippen molar-refractivity contribution < 1.29 is 35.9 Å². The fourth-order valence-corrected chi connectivity index (χ4v) is 5.74. The normalized spacial score (nSPS) is 14.9. The lowest BCUT2D eigenvalue weighted by Crippen LogP contribution is -2.35. The van der Waals surface area contributed by atoms with Crippen LogP contribution in [0.3, 0.4) is 0 Å². The fourth-order valence-electron chi connectivity index (χ4n) is 5.74. The van der Waals surface area contributed by atoms with Crippen molar-refractivity contribution in [3.05, 3.63) is 106 Å². The van der Waals surface area contributed by atoms with Gasteiger partial charge in [0.15, 0.2) is 5.69 Å². The third kappa shape index (κ3) is 7.02. The van der Waals surface area contributed by atoms with E-state index in [0.29, 0.717) is 29.3 Å². The standard InChI is InChI=1S/C32H29F6N5O2/c1-31(2)8-7-22-26(15-31)43(42-29(22)32(36,37)38)16-27(44)41-25(12-17-10-19(33)14-20(34)11-17)28-21(4-3-9-40-28)18-5-6-24(35)23(13-18)30(39)45/h3-6,9-11,13-14,25H,7-8,12,15-16H2,1-2H3,(H2,39,45)(H,41,44). The molecule has 2 aromatic heterocycles. The highest BCUT2D eigenvalue weighted by molar-refractivity contribution is 5.94. The Bertz CT molecular complexity index is 1760. The van der Waals surface area contributed by atoms with Crippen LogP contribution in [-0.4, -0.2) is 26.6 Å². The van der Waals surface area contributed by atoms with Gasteiger partial charge in [0.25, 0.3) is 5.91 Å². The molecule has 5 rings (SSSR count). The molecule has 0 saturated heterocycles. The van der Waals surface area contributed by atoms with Crippen LogP contribution in [0.1, 0.15) is 64.9 Å². The number of benzene rings is 2. The van der Waals surface area contributed by atoms with E-state index in [2.05, 4.69) is 15.4 Å². The van der Waals surface area contributed by atoms with E-state index >= 15 is 0 Å².